The van der Waals surface area contributed by atoms with Crippen LogP contribution < -0.4 is 60.6 Å². The molecule has 0 aliphatic rings. The van der Waals surface area contributed by atoms with Crippen molar-refractivity contribution in [2.45, 2.75) is 115 Å². The average molecular weight is 759 g/mol. The minimum atomic E-state index is -1.61. The van der Waals surface area contributed by atoms with Crippen molar-refractivity contribution in [1.29, 1.82) is 0 Å². The van der Waals surface area contributed by atoms with Crippen LogP contribution in [0.4, 0.5) is 0 Å². The Bertz CT molecular complexity index is 1220. The van der Waals surface area contributed by atoms with Gasteiger partial charge in [-0.2, -0.15) is 0 Å². The lowest BCUT2D eigenvalue weighted by molar-refractivity contribution is -0.144. The third-order valence-corrected chi connectivity index (χ3v) is 8.22. The van der Waals surface area contributed by atoms with Gasteiger partial charge in [-0.3, -0.25) is 33.8 Å². The number of hydrogen-bond donors (Lipinski definition) is 13. The van der Waals surface area contributed by atoms with Gasteiger partial charge >= 0.3 is 5.97 Å². The smallest absolute Gasteiger partial charge is 0.328 e. The molecule has 0 bridgehead atoms. The molecule has 0 saturated heterocycles. The molecule has 0 unspecified atom stereocenters. The predicted octanol–water partition coefficient (Wildman–Crippen LogP) is -4.69. The minimum absolute atomic E-state index is 0.0491. The van der Waals surface area contributed by atoms with Gasteiger partial charge in [0.25, 0.3) is 0 Å². The van der Waals surface area contributed by atoms with Crippen LogP contribution in [0.25, 0.3) is 0 Å². The molecular weight excluding hydrogens is 696 g/mol. The number of aliphatic carboxylic acids is 1. The van der Waals surface area contributed by atoms with E-state index in [1.807, 2.05) is 0 Å². The molecular formula is C32H62N12O9. The number of amides is 6. The zero-order chi connectivity index (χ0) is 40.5. The molecule has 0 saturated carbocycles. The summed E-state index contributed by atoms with van der Waals surface area (Å²) in [6, 6.07) is -6.17. The number of carboxylic acids is 1. The highest BCUT2D eigenvalue weighted by Gasteiger charge is 2.33. The lowest BCUT2D eigenvalue weighted by atomic mass is 9.96. The number of rotatable bonds is 28. The van der Waals surface area contributed by atoms with Crippen molar-refractivity contribution in [3.05, 3.63) is 0 Å². The Labute approximate surface area is 310 Å². The van der Waals surface area contributed by atoms with E-state index < -0.39 is 90.2 Å². The van der Waals surface area contributed by atoms with Crippen LogP contribution in [0, 0.1) is 5.92 Å². The first-order valence-corrected chi connectivity index (χ1v) is 17.9. The van der Waals surface area contributed by atoms with E-state index in [0.29, 0.717) is 45.2 Å². The molecule has 0 radical (unpaired) electrons. The largest absolute Gasteiger partial charge is 0.480 e. The van der Waals surface area contributed by atoms with Crippen molar-refractivity contribution >= 4 is 47.4 Å². The van der Waals surface area contributed by atoms with Gasteiger partial charge in [-0.05, 0) is 77.3 Å². The fraction of sp³-hybridized carbons (Fsp3) is 0.750. The highest BCUT2D eigenvalue weighted by Crippen LogP contribution is 2.12. The standard InChI is InChI=1S/C32H62N12O9/c1-4-18(2)25(30(51)42-20(10-5-7-13-33)27(48)39-17-24(47)43-26(19(3)45)31(52)53)44-29(50)22(12-9-15-38-32(36)37)41-28(49)21(11-6-8-14-34)40-23(46)16-35/h18-22,25-26,45H,4-17,33-35H2,1-3H3,(H,39,48)(H,40,46)(H,41,49)(H,42,51)(H,43,47)(H,44,50)(H,52,53)(H4,36,37,38)/t18-,19+,20-,21-,22-,25-,26-/m0/s1. The third kappa shape index (κ3) is 20.3. The molecule has 0 fully saturated rings. The second kappa shape index (κ2) is 27.1. The van der Waals surface area contributed by atoms with Crippen molar-refractivity contribution in [3.8, 4) is 0 Å². The van der Waals surface area contributed by atoms with Crippen LogP contribution in [-0.2, 0) is 33.6 Å². The first-order chi connectivity index (χ1) is 25.0. The van der Waals surface area contributed by atoms with Crippen LogP contribution in [0.15, 0.2) is 4.99 Å². The van der Waals surface area contributed by atoms with Gasteiger partial charge in [-0.15, -0.1) is 0 Å². The van der Waals surface area contributed by atoms with E-state index in [4.69, 9.17) is 28.7 Å². The van der Waals surface area contributed by atoms with Crippen molar-refractivity contribution in [3.63, 3.8) is 0 Å². The zero-order valence-electron chi connectivity index (χ0n) is 31.0. The Morgan fingerprint density at radius 3 is 1.64 bits per heavy atom. The SMILES string of the molecule is CC[C@H](C)[C@H](NC(=O)[C@H](CCCN=C(N)N)NC(=O)[C@H](CCCCN)NC(=O)CN)C(=O)N[C@@H](CCCCN)C(=O)NCC(=O)N[C@H](C(=O)O)[C@@H](C)O. The normalized spacial score (nSPS) is 14.8. The topological polar surface area (TPSA) is 375 Å². The molecule has 304 valence electrons. The van der Waals surface area contributed by atoms with E-state index in [1.165, 1.54) is 6.92 Å². The van der Waals surface area contributed by atoms with Gasteiger partial charge < -0.3 is 70.8 Å². The van der Waals surface area contributed by atoms with E-state index in [1.54, 1.807) is 13.8 Å². The number of hydrogen-bond acceptors (Lipinski definition) is 12. The van der Waals surface area contributed by atoms with Crippen LogP contribution in [0.2, 0.25) is 0 Å². The Kier molecular flexibility index (Phi) is 24.7. The molecule has 0 heterocycles. The molecule has 0 aromatic carbocycles. The van der Waals surface area contributed by atoms with E-state index in [9.17, 15) is 43.8 Å². The van der Waals surface area contributed by atoms with Crippen LogP contribution in [-0.4, -0.2) is 127 Å². The maximum absolute atomic E-state index is 13.8. The summed E-state index contributed by atoms with van der Waals surface area (Å²) in [5.41, 5.74) is 27.5. The van der Waals surface area contributed by atoms with Gasteiger partial charge in [0.15, 0.2) is 12.0 Å². The number of guanidine groups is 1. The fourth-order valence-electron chi connectivity index (χ4n) is 4.94. The van der Waals surface area contributed by atoms with Crippen molar-refractivity contribution in [2.24, 2.45) is 39.6 Å². The van der Waals surface area contributed by atoms with E-state index >= 15 is 0 Å². The molecule has 0 rings (SSSR count). The summed E-state index contributed by atoms with van der Waals surface area (Å²) in [6.45, 7) is 4.49. The summed E-state index contributed by atoms with van der Waals surface area (Å²) in [6.07, 6.45) is 1.69. The van der Waals surface area contributed by atoms with E-state index in [-0.39, 0.29) is 44.7 Å². The number of unbranched alkanes of at least 4 members (excludes halogenated alkanes) is 2. The number of carboxylic acid groups (broad SMARTS) is 1. The molecule has 7 atom stereocenters. The van der Waals surface area contributed by atoms with Crippen LogP contribution in [0.3, 0.4) is 0 Å². The lowest BCUT2D eigenvalue weighted by Crippen LogP contribution is -2.60. The van der Waals surface area contributed by atoms with Gasteiger partial charge in [0.1, 0.15) is 24.2 Å². The van der Waals surface area contributed by atoms with Crippen LogP contribution in [0.1, 0.15) is 78.6 Å². The first kappa shape index (κ1) is 48.4. The molecule has 0 aliphatic heterocycles. The summed E-state index contributed by atoms with van der Waals surface area (Å²) in [5, 5.41) is 33.9. The number of carbonyl (C=O) groups is 7. The highest BCUT2D eigenvalue weighted by molar-refractivity contribution is 5.96. The molecule has 21 nitrogen and oxygen atoms in total. The zero-order valence-corrected chi connectivity index (χ0v) is 31.0. The van der Waals surface area contributed by atoms with Gasteiger partial charge in [-0.25, -0.2) is 4.79 Å². The summed E-state index contributed by atoms with van der Waals surface area (Å²) in [5.74, 6) is -6.41. The summed E-state index contributed by atoms with van der Waals surface area (Å²) in [7, 11) is 0. The molecule has 0 spiro atoms. The number of nitrogens with one attached hydrogen (secondary N) is 6. The molecule has 53 heavy (non-hydrogen) atoms. The molecule has 6 amide bonds. The second-order valence-corrected chi connectivity index (χ2v) is 12.7. The Balaban J connectivity index is 6.15. The van der Waals surface area contributed by atoms with Crippen LogP contribution >= 0.6 is 0 Å². The Hall–Kier alpha value is -4.60. The number of aliphatic hydroxyl groups is 1. The van der Waals surface area contributed by atoms with Gasteiger partial charge in [-0.1, -0.05) is 20.3 Å². The Morgan fingerprint density at radius 2 is 1.15 bits per heavy atom. The highest BCUT2D eigenvalue weighted by atomic mass is 16.4. The monoisotopic (exact) mass is 758 g/mol. The quantitative estimate of drug-likeness (QED) is 0.0203. The number of nitrogens with two attached hydrogens (primary N) is 5. The molecule has 0 aromatic rings. The summed E-state index contributed by atoms with van der Waals surface area (Å²) in [4.78, 5) is 93.7. The van der Waals surface area contributed by atoms with Crippen molar-refractivity contribution in [1.82, 2.24) is 31.9 Å². The first-order valence-electron chi connectivity index (χ1n) is 17.9. The predicted molar refractivity (Wildman–Crippen MR) is 196 cm³/mol. The second-order valence-electron chi connectivity index (χ2n) is 12.7. The number of aliphatic imine (C=N–C) groups is 1. The van der Waals surface area contributed by atoms with Gasteiger partial charge in [0.2, 0.25) is 35.4 Å². The third-order valence-electron chi connectivity index (χ3n) is 8.22. The maximum atomic E-state index is 13.8. The van der Waals surface area contributed by atoms with Gasteiger partial charge in [0.05, 0.1) is 19.2 Å². The maximum Gasteiger partial charge on any atom is 0.328 e. The number of nitrogens with zero attached hydrogens (tertiary/aromatic N) is 1. The van der Waals surface area contributed by atoms with E-state index in [0.717, 1.165) is 0 Å². The van der Waals surface area contributed by atoms with Crippen molar-refractivity contribution in [2.75, 3.05) is 32.7 Å². The summed E-state index contributed by atoms with van der Waals surface area (Å²) < 4.78 is 0. The van der Waals surface area contributed by atoms with Crippen LogP contribution in [0.5, 0.6) is 0 Å². The lowest BCUT2D eigenvalue weighted by Gasteiger charge is -2.29. The summed E-state index contributed by atoms with van der Waals surface area (Å²) >= 11 is 0. The Morgan fingerprint density at radius 1 is 0.642 bits per heavy atom. The number of carbonyl (C=O) groups excluding carboxylic acids is 6. The molecule has 21 heteroatoms. The molecule has 0 aromatic heterocycles. The molecule has 0 aliphatic carbocycles. The average Bonchev–Trinajstić information content (AvgIpc) is 3.11. The van der Waals surface area contributed by atoms with E-state index in [2.05, 4.69) is 36.9 Å². The minimum Gasteiger partial charge on any atom is -0.480 e. The fourth-order valence-corrected chi connectivity index (χ4v) is 4.94. The van der Waals surface area contributed by atoms with Gasteiger partial charge in [0, 0.05) is 6.54 Å². The number of aliphatic hydroxyl groups excluding tert-OH is 1. The molecule has 18 N–H and O–H groups in total. The van der Waals surface area contributed by atoms with Crippen molar-refractivity contribution < 1.29 is 43.8 Å².